The van der Waals surface area contributed by atoms with E-state index in [1.807, 2.05) is 34.8 Å². The van der Waals surface area contributed by atoms with Crippen molar-refractivity contribution in [2.45, 2.75) is 51.6 Å². The minimum absolute atomic E-state index is 0.125. The molecule has 1 aromatic carbocycles. The summed E-state index contributed by atoms with van der Waals surface area (Å²) in [5, 5.41) is 4.40. The lowest BCUT2D eigenvalue weighted by atomic mass is 9.83. The summed E-state index contributed by atoms with van der Waals surface area (Å²) in [7, 11) is 0. The Kier molecular flexibility index (Phi) is 4.61. The van der Waals surface area contributed by atoms with Crippen LogP contribution in [-0.2, 0) is 16.1 Å². The van der Waals surface area contributed by atoms with Gasteiger partial charge in [0.1, 0.15) is 23.5 Å². The second-order valence-electron chi connectivity index (χ2n) is 7.41. The van der Waals surface area contributed by atoms with Crippen LogP contribution in [0.15, 0.2) is 48.8 Å². The zero-order chi connectivity index (χ0) is 19.0. The average Bonchev–Trinajstić information content (AvgIpc) is 3.22. The summed E-state index contributed by atoms with van der Waals surface area (Å²) in [4.78, 5) is 4.08. The Morgan fingerprint density at radius 3 is 2.74 bits per heavy atom. The van der Waals surface area contributed by atoms with Gasteiger partial charge in [-0.2, -0.15) is 5.10 Å². The summed E-state index contributed by atoms with van der Waals surface area (Å²) < 4.78 is 14.8. The molecule has 3 heterocycles. The minimum Gasteiger partial charge on any atom is -0.382 e. The molecular weight excluding hydrogens is 340 g/mol. The SMILES string of the molecule is CC[C@H]1OC(c2ccc3c(N)ncnn23)[C@](C)(OCc2ccccc2)[C@@H]1C. The Morgan fingerprint density at radius 1 is 1.22 bits per heavy atom. The summed E-state index contributed by atoms with van der Waals surface area (Å²) >= 11 is 0. The monoisotopic (exact) mass is 366 g/mol. The highest BCUT2D eigenvalue weighted by molar-refractivity contribution is 5.65. The van der Waals surface area contributed by atoms with Crippen LogP contribution in [-0.4, -0.2) is 26.3 Å². The minimum atomic E-state index is -0.482. The second-order valence-corrected chi connectivity index (χ2v) is 7.41. The van der Waals surface area contributed by atoms with E-state index < -0.39 is 5.60 Å². The van der Waals surface area contributed by atoms with Crippen LogP contribution in [0.1, 0.15) is 44.6 Å². The summed E-state index contributed by atoms with van der Waals surface area (Å²) in [5.41, 5.74) is 8.40. The molecule has 1 fully saturated rings. The van der Waals surface area contributed by atoms with Gasteiger partial charge in [-0.1, -0.05) is 44.2 Å². The highest BCUT2D eigenvalue weighted by Crippen LogP contribution is 2.49. The van der Waals surface area contributed by atoms with Crippen molar-refractivity contribution < 1.29 is 9.47 Å². The summed E-state index contributed by atoms with van der Waals surface area (Å²) in [6, 6.07) is 14.2. The molecule has 0 radical (unpaired) electrons. The maximum Gasteiger partial charge on any atom is 0.151 e. The third kappa shape index (κ3) is 2.99. The van der Waals surface area contributed by atoms with E-state index in [2.05, 4.69) is 43.0 Å². The number of ether oxygens (including phenoxy) is 2. The topological polar surface area (TPSA) is 74.7 Å². The number of nitrogens with zero attached hydrogens (tertiary/aromatic N) is 3. The summed E-state index contributed by atoms with van der Waals surface area (Å²) in [6.07, 6.45) is 2.30. The third-order valence-electron chi connectivity index (χ3n) is 5.87. The van der Waals surface area contributed by atoms with Gasteiger partial charge in [0.05, 0.1) is 18.4 Å². The molecule has 1 saturated heterocycles. The molecule has 6 nitrogen and oxygen atoms in total. The van der Waals surface area contributed by atoms with Gasteiger partial charge in [0, 0.05) is 5.92 Å². The van der Waals surface area contributed by atoms with Gasteiger partial charge >= 0.3 is 0 Å². The first-order chi connectivity index (χ1) is 13.0. The van der Waals surface area contributed by atoms with E-state index in [1.165, 1.54) is 6.33 Å². The van der Waals surface area contributed by atoms with E-state index in [9.17, 15) is 0 Å². The lowest BCUT2D eigenvalue weighted by Gasteiger charge is -2.34. The van der Waals surface area contributed by atoms with Gasteiger partial charge in [-0.05, 0) is 31.0 Å². The highest BCUT2D eigenvalue weighted by atomic mass is 16.6. The maximum atomic E-state index is 6.52. The normalized spacial score (nSPS) is 28.0. The molecule has 4 rings (SSSR count). The molecule has 0 bridgehead atoms. The van der Waals surface area contributed by atoms with E-state index in [1.54, 1.807) is 0 Å². The molecule has 142 valence electrons. The molecule has 2 aromatic heterocycles. The first-order valence-electron chi connectivity index (χ1n) is 9.46. The predicted octanol–water partition coefficient (Wildman–Crippen LogP) is 3.77. The lowest BCUT2D eigenvalue weighted by Crippen LogP contribution is -2.39. The van der Waals surface area contributed by atoms with Crippen LogP contribution in [0, 0.1) is 5.92 Å². The molecule has 3 aromatic rings. The zero-order valence-electron chi connectivity index (χ0n) is 16.0. The van der Waals surface area contributed by atoms with Gasteiger partial charge in [0.15, 0.2) is 5.82 Å². The van der Waals surface area contributed by atoms with Gasteiger partial charge in [-0.3, -0.25) is 0 Å². The Hall–Kier alpha value is -2.44. The number of hydrogen-bond acceptors (Lipinski definition) is 5. The smallest absolute Gasteiger partial charge is 0.151 e. The fourth-order valence-corrected chi connectivity index (χ4v) is 4.04. The van der Waals surface area contributed by atoms with Crippen LogP contribution in [0.25, 0.3) is 5.52 Å². The summed E-state index contributed by atoms with van der Waals surface area (Å²) in [6.45, 7) is 7.04. The molecule has 2 N–H and O–H groups in total. The van der Waals surface area contributed by atoms with E-state index in [0.717, 1.165) is 23.2 Å². The highest BCUT2D eigenvalue weighted by Gasteiger charge is 2.53. The van der Waals surface area contributed by atoms with Crippen molar-refractivity contribution in [3.05, 3.63) is 60.0 Å². The predicted molar refractivity (Wildman–Crippen MR) is 104 cm³/mol. The van der Waals surface area contributed by atoms with E-state index in [0.29, 0.717) is 12.4 Å². The molecule has 1 unspecified atom stereocenters. The zero-order valence-corrected chi connectivity index (χ0v) is 16.0. The van der Waals surface area contributed by atoms with Gasteiger partial charge in [0.25, 0.3) is 0 Å². The van der Waals surface area contributed by atoms with Gasteiger partial charge in [0.2, 0.25) is 0 Å². The van der Waals surface area contributed by atoms with E-state index >= 15 is 0 Å². The number of hydrogen-bond donors (Lipinski definition) is 1. The molecule has 6 heteroatoms. The van der Waals surface area contributed by atoms with Crippen LogP contribution >= 0.6 is 0 Å². The maximum absolute atomic E-state index is 6.52. The number of fused-ring (bicyclic) bond motifs is 1. The molecule has 27 heavy (non-hydrogen) atoms. The fourth-order valence-electron chi connectivity index (χ4n) is 4.04. The van der Waals surface area contributed by atoms with Crippen LogP contribution < -0.4 is 5.73 Å². The Balaban J connectivity index is 1.71. The Bertz CT molecular complexity index is 926. The van der Waals surface area contributed by atoms with Crippen molar-refractivity contribution >= 4 is 11.3 Å². The second kappa shape index (κ2) is 6.94. The van der Waals surface area contributed by atoms with Crippen molar-refractivity contribution in [2.75, 3.05) is 5.73 Å². The number of nitrogens with two attached hydrogens (primary N) is 1. The quantitative estimate of drug-likeness (QED) is 0.744. The first-order valence-corrected chi connectivity index (χ1v) is 9.46. The average molecular weight is 366 g/mol. The molecule has 1 aliphatic rings. The molecule has 0 aliphatic carbocycles. The van der Waals surface area contributed by atoms with Crippen LogP contribution in [0.5, 0.6) is 0 Å². The van der Waals surface area contributed by atoms with Crippen LogP contribution in [0.3, 0.4) is 0 Å². The largest absolute Gasteiger partial charge is 0.382 e. The lowest BCUT2D eigenvalue weighted by molar-refractivity contribution is -0.107. The van der Waals surface area contributed by atoms with Crippen molar-refractivity contribution in [3.8, 4) is 0 Å². The molecule has 1 aliphatic heterocycles. The Morgan fingerprint density at radius 2 is 2.00 bits per heavy atom. The molecule has 0 saturated carbocycles. The van der Waals surface area contributed by atoms with Crippen LogP contribution in [0.4, 0.5) is 5.82 Å². The molecular formula is C21H26N4O2. The Labute approximate surface area is 159 Å². The molecule has 0 spiro atoms. The van der Waals surface area contributed by atoms with Gasteiger partial charge in [-0.15, -0.1) is 0 Å². The van der Waals surface area contributed by atoms with Gasteiger partial charge in [-0.25, -0.2) is 9.50 Å². The van der Waals surface area contributed by atoms with Crippen molar-refractivity contribution in [2.24, 2.45) is 5.92 Å². The summed E-state index contributed by atoms with van der Waals surface area (Å²) in [5.74, 6) is 0.696. The molecule has 0 amide bonds. The number of nitrogen functional groups attached to an aromatic ring is 1. The van der Waals surface area contributed by atoms with Crippen molar-refractivity contribution in [1.29, 1.82) is 0 Å². The number of aromatic nitrogens is 3. The van der Waals surface area contributed by atoms with E-state index in [4.69, 9.17) is 15.2 Å². The number of benzene rings is 1. The van der Waals surface area contributed by atoms with Crippen LogP contribution in [0.2, 0.25) is 0 Å². The number of anilines is 1. The fraction of sp³-hybridized carbons (Fsp3) is 0.429. The number of rotatable bonds is 5. The van der Waals surface area contributed by atoms with E-state index in [-0.39, 0.29) is 18.1 Å². The van der Waals surface area contributed by atoms with Gasteiger partial charge < -0.3 is 15.2 Å². The van der Waals surface area contributed by atoms with Crippen molar-refractivity contribution in [3.63, 3.8) is 0 Å². The first kappa shape index (κ1) is 17.9. The standard InChI is InChI=1S/C21H26N4O2/c1-4-18-14(2)21(3,26-12-15-8-6-5-7-9-15)19(27-18)16-10-11-17-20(22)23-13-24-25(16)17/h5-11,13-14,18-19H,4,12H2,1-3H3,(H2,22,23,24)/t14-,18-,19?,21-/m1/s1. The molecule has 4 atom stereocenters. The van der Waals surface area contributed by atoms with Crippen molar-refractivity contribution in [1.82, 2.24) is 14.6 Å². The third-order valence-corrected chi connectivity index (χ3v) is 5.87.